The van der Waals surface area contributed by atoms with Crippen molar-refractivity contribution in [2.24, 2.45) is 5.10 Å². The van der Waals surface area contributed by atoms with Gasteiger partial charge in [-0.3, -0.25) is 9.36 Å². The fourth-order valence-electron chi connectivity index (χ4n) is 4.20. The summed E-state index contributed by atoms with van der Waals surface area (Å²) >= 11 is 0. The van der Waals surface area contributed by atoms with Crippen molar-refractivity contribution in [1.82, 2.24) is 9.58 Å². The third kappa shape index (κ3) is 4.50. The Labute approximate surface area is 211 Å². The summed E-state index contributed by atoms with van der Waals surface area (Å²) < 4.78 is 23.3. The zero-order chi connectivity index (χ0) is 25.9. The zero-order valence-corrected chi connectivity index (χ0v) is 20.1. The first-order chi connectivity index (χ1) is 18.0. The average molecular weight is 498 g/mol. The van der Waals surface area contributed by atoms with E-state index in [1.807, 2.05) is 30.3 Å². The second-order valence-electron chi connectivity index (χ2n) is 8.24. The van der Waals surface area contributed by atoms with Crippen LogP contribution in [0.25, 0.3) is 5.88 Å². The number of aryl methyl sites for hydroxylation is 1. The number of rotatable bonds is 7. The van der Waals surface area contributed by atoms with Crippen molar-refractivity contribution in [3.63, 3.8) is 0 Å². The number of nitrogens with zero attached hydrogens (tertiary/aromatic N) is 4. The van der Waals surface area contributed by atoms with Gasteiger partial charge in [-0.05, 0) is 61.0 Å². The van der Waals surface area contributed by atoms with Crippen LogP contribution in [0.2, 0.25) is 0 Å². The lowest BCUT2D eigenvalue weighted by Gasteiger charge is -2.19. The minimum absolute atomic E-state index is 0.0228. The second-order valence-corrected chi connectivity index (χ2v) is 8.24. The molecule has 37 heavy (non-hydrogen) atoms. The van der Waals surface area contributed by atoms with Crippen molar-refractivity contribution in [2.75, 3.05) is 13.7 Å². The van der Waals surface area contributed by atoms with E-state index < -0.39 is 24.5 Å². The first-order valence-corrected chi connectivity index (χ1v) is 11.4. The maximum atomic E-state index is 13.2. The highest BCUT2D eigenvalue weighted by Gasteiger charge is 2.36. The van der Waals surface area contributed by atoms with E-state index >= 15 is 0 Å². The fraction of sp³-hybridized carbons (Fsp3) is 0.185. The minimum Gasteiger partial charge on any atom is -0.497 e. The number of carbonyl (C=O) groups excluding carboxylic acids is 2. The van der Waals surface area contributed by atoms with Crippen LogP contribution in [0.3, 0.4) is 0 Å². The van der Waals surface area contributed by atoms with Crippen LogP contribution in [0.4, 0.5) is 0 Å². The number of nitriles is 1. The van der Waals surface area contributed by atoms with Gasteiger partial charge in [-0.2, -0.15) is 10.4 Å². The monoisotopic (exact) mass is 498 g/mol. The number of ether oxygens (including phenoxy) is 2. The van der Waals surface area contributed by atoms with Crippen LogP contribution in [-0.2, 0) is 9.53 Å². The highest BCUT2D eigenvalue weighted by molar-refractivity contribution is 6.03. The van der Waals surface area contributed by atoms with E-state index in [-0.39, 0.29) is 22.8 Å². The van der Waals surface area contributed by atoms with E-state index in [4.69, 9.17) is 18.3 Å². The van der Waals surface area contributed by atoms with Crippen LogP contribution in [0, 0.1) is 18.3 Å². The van der Waals surface area contributed by atoms with Crippen molar-refractivity contribution in [1.29, 1.82) is 5.26 Å². The van der Waals surface area contributed by atoms with Crippen molar-refractivity contribution in [3.8, 4) is 17.7 Å². The molecule has 4 heterocycles. The molecular weight excluding hydrogens is 476 g/mol. The Hall–Kier alpha value is -5.04. The van der Waals surface area contributed by atoms with Crippen molar-refractivity contribution in [3.05, 3.63) is 95.4 Å². The van der Waals surface area contributed by atoms with Crippen LogP contribution >= 0.6 is 0 Å². The van der Waals surface area contributed by atoms with Crippen LogP contribution in [-0.4, -0.2) is 40.9 Å². The van der Waals surface area contributed by atoms with Crippen LogP contribution in [0.1, 0.15) is 45.5 Å². The summed E-state index contributed by atoms with van der Waals surface area (Å²) in [5, 5.41) is 15.5. The number of hydrazone groups is 1. The molecule has 1 aliphatic rings. The van der Waals surface area contributed by atoms with Crippen molar-refractivity contribution >= 4 is 17.6 Å². The Morgan fingerprint density at radius 1 is 1.16 bits per heavy atom. The Morgan fingerprint density at radius 2 is 1.92 bits per heavy atom. The molecule has 3 aromatic heterocycles. The summed E-state index contributed by atoms with van der Waals surface area (Å²) in [5.74, 6) is 0.305. The molecule has 0 N–H and O–H groups in total. The Bertz CT molecular complexity index is 1490. The van der Waals surface area contributed by atoms with Gasteiger partial charge in [-0.25, -0.2) is 9.80 Å². The number of hydrogen-bond acceptors (Lipinski definition) is 8. The molecule has 1 aliphatic heterocycles. The summed E-state index contributed by atoms with van der Waals surface area (Å²) in [4.78, 5) is 26.1. The number of methoxy groups -OCH3 is 1. The minimum atomic E-state index is -0.836. The van der Waals surface area contributed by atoms with E-state index in [1.165, 1.54) is 11.3 Å². The highest BCUT2D eigenvalue weighted by atomic mass is 16.5. The topological polar surface area (TPSA) is 123 Å². The molecule has 0 spiro atoms. The van der Waals surface area contributed by atoms with E-state index in [0.29, 0.717) is 23.6 Å². The van der Waals surface area contributed by atoms with Crippen LogP contribution in [0.15, 0.2) is 81.1 Å². The first kappa shape index (κ1) is 23.7. The smallest absolute Gasteiger partial charge is 0.343 e. The summed E-state index contributed by atoms with van der Waals surface area (Å²) in [5.41, 5.74) is 1.51. The maximum absolute atomic E-state index is 13.2. The molecule has 1 atom stereocenters. The quantitative estimate of drug-likeness (QED) is 0.346. The largest absolute Gasteiger partial charge is 0.497 e. The van der Waals surface area contributed by atoms with Crippen molar-refractivity contribution in [2.45, 2.75) is 19.4 Å². The van der Waals surface area contributed by atoms with Crippen molar-refractivity contribution < 1.29 is 27.9 Å². The Balaban J connectivity index is 1.36. The Kier molecular flexibility index (Phi) is 6.34. The molecular formula is C27H22N4O6. The molecule has 1 unspecified atom stereocenters. The first-order valence-electron chi connectivity index (χ1n) is 11.4. The molecule has 10 nitrogen and oxygen atoms in total. The van der Waals surface area contributed by atoms with Gasteiger partial charge in [0.15, 0.2) is 6.61 Å². The van der Waals surface area contributed by atoms with E-state index in [2.05, 4.69) is 5.10 Å². The number of hydrogen-bond donors (Lipinski definition) is 0. The van der Waals surface area contributed by atoms with Gasteiger partial charge in [-0.15, -0.1) is 0 Å². The molecule has 5 rings (SSSR count). The highest BCUT2D eigenvalue weighted by Crippen LogP contribution is 2.33. The molecule has 0 radical (unpaired) electrons. The lowest BCUT2D eigenvalue weighted by Crippen LogP contribution is -2.31. The molecule has 186 valence electrons. The van der Waals surface area contributed by atoms with Gasteiger partial charge in [0.05, 0.1) is 19.1 Å². The van der Waals surface area contributed by atoms with E-state index in [1.54, 1.807) is 55.3 Å². The predicted octanol–water partition coefficient (Wildman–Crippen LogP) is 4.39. The molecule has 10 heteroatoms. The molecule has 0 aliphatic carbocycles. The number of esters is 1. The third-order valence-corrected chi connectivity index (χ3v) is 6.01. The number of carbonyl (C=O) groups is 2. The molecule has 0 bridgehead atoms. The number of furan rings is 2. The van der Waals surface area contributed by atoms with E-state index in [0.717, 1.165) is 5.56 Å². The summed E-state index contributed by atoms with van der Waals surface area (Å²) in [6, 6.07) is 15.9. The van der Waals surface area contributed by atoms with Crippen LogP contribution < -0.4 is 4.74 Å². The normalized spacial score (nSPS) is 14.8. The summed E-state index contributed by atoms with van der Waals surface area (Å²) in [6.45, 7) is 0.981. The molecule has 0 saturated heterocycles. The predicted molar refractivity (Wildman–Crippen MR) is 130 cm³/mol. The molecule has 4 aromatic rings. The standard InChI is InChI=1S/C27H22N4O6/c1-17-25(20(15-28)26(37-17)30-11-3-4-12-30)27(33)36-16-24(32)31-22(23-6-5-13-35-23)14-21(29-31)18-7-9-19(34-2)10-8-18/h3-13,22H,14,16H2,1-2H3. The van der Waals surface area contributed by atoms with E-state index in [9.17, 15) is 14.9 Å². The number of benzene rings is 1. The van der Waals surface area contributed by atoms with Gasteiger partial charge in [0.1, 0.15) is 40.5 Å². The number of amides is 1. The van der Waals surface area contributed by atoms with Crippen LogP contribution in [0.5, 0.6) is 5.75 Å². The van der Waals surface area contributed by atoms with Gasteiger partial charge < -0.3 is 18.3 Å². The van der Waals surface area contributed by atoms with Gasteiger partial charge in [0.2, 0.25) is 5.88 Å². The SMILES string of the molecule is COc1ccc(C2=NN(C(=O)COC(=O)c3c(C)oc(-n4cccc4)c3C#N)C(c3ccco3)C2)cc1. The van der Waals surface area contributed by atoms with Gasteiger partial charge >= 0.3 is 5.97 Å². The number of aromatic nitrogens is 1. The fourth-order valence-corrected chi connectivity index (χ4v) is 4.20. The zero-order valence-electron chi connectivity index (χ0n) is 20.1. The maximum Gasteiger partial charge on any atom is 0.343 e. The Morgan fingerprint density at radius 3 is 2.57 bits per heavy atom. The van der Waals surface area contributed by atoms with Gasteiger partial charge in [0.25, 0.3) is 5.91 Å². The molecule has 0 fully saturated rings. The summed E-state index contributed by atoms with van der Waals surface area (Å²) in [6.07, 6.45) is 5.33. The molecule has 1 amide bonds. The molecule has 1 aromatic carbocycles. The molecule has 0 saturated carbocycles. The van der Waals surface area contributed by atoms with Gasteiger partial charge in [0, 0.05) is 18.8 Å². The lowest BCUT2D eigenvalue weighted by molar-refractivity contribution is -0.136. The summed E-state index contributed by atoms with van der Waals surface area (Å²) in [7, 11) is 1.59. The third-order valence-electron chi connectivity index (χ3n) is 6.01. The average Bonchev–Trinajstić information content (AvgIpc) is 3.72. The van der Waals surface area contributed by atoms with Gasteiger partial charge in [-0.1, -0.05) is 0 Å². The lowest BCUT2D eigenvalue weighted by atomic mass is 10.0. The second kappa shape index (κ2) is 9.91.